The van der Waals surface area contributed by atoms with Gasteiger partial charge in [0, 0.05) is 16.9 Å². The van der Waals surface area contributed by atoms with Gasteiger partial charge in [-0.25, -0.2) is 4.98 Å². The van der Waals surface area contributed by atoms with E-state index in [1.807, 2.05) is 25.1 Å². The third kappa shape index (κ3) is 3.53. The van der Waals surface area contributed by atoms with E-state index in [9.17, 15) is 4.79 Å². The molecule has 0 amide bonds. The number of nitrogens with one attached hydrogen (secondary N) is 1. The van der Waals surface area contributed by atoms with Gasteiger partial charge in [-0.3, -0.25) is 4.79 Å². The van der Waals surface area contributed by atoms with Gasteiger partial charge < -0.3 is 11.1 Å². The predicted molar refractivity (Wildman–Crippen MR) is 101 cm³/mol. The summed E-state index contributed by atoms with van der Waals surface area (Å²) in [5.41, 5.74) is 8.82. The summed E-state index contributed by atoms with van der Waals surface area (Å²) in [6.07, 6.45) is 1.55. The first-order chi connectivity index (χ1) is 11.4. The lowest BCUT2D eigenvalue weighted by atomic mass is 10.1. The number of benzene rings is 2. The number of hydrogen-bond acceptors (Lipinski definition) is 5. The Morgan fingerprint density at radius 2 is 1.96 bits per heavy atom. The monoisotopic (exact) mass is 377 g/mol. The number of anilines is 3. The first kappa shape index (κ1) is 16.8. The fourth-order valence-electron chi connectivity index (χ4n) is 2.16. The molecule has 0 aliphatic heterocycles. The number of ketones is 1. The van der Waals surface area contributed by atoms with Crippen molar-refractivity contribution in [2.24, 2.45) is 0 Å². The molecule has 3 rings (SSSR count). The minimum atomic E-state index is -0.145. The molecule has 0 spiro atoms. The maximum atomic E-state index is 12.5. The second-order valence-electron chi connectivity index (χ2n) is 5.19. The van der Waals surface area contributed by atoms with E-state index in [2.05, 4.69) is 10.3 Å². The Balaban J connectivity index is 1.82. The molecule has 0 bridgehead atoms. The van der Waals surface area contributed by atoms with Crippen LogP contribution in [-0.4, -0.2) is 10.8 Å². The average Bonchev–Trinajstić information content (AvgIpc) is 3.01. The fourth-order valence-corrected chi connectivity index (χ4v) is 3.25. The number of aromatic nitrogens is 1. The lowest BCUT2D eigenvalue weighted by molar-refractivity contribution is 0.104. The molecule has 2 aromatic carbocycles. The minimum Gasteiger partial charge on any atom is -0.399 e. The van der Waals surface area contributed by atoms with Gasteiger partial charge in [0.2, 0.25) is 5.78 Å². The lowest BCUT2D eigenvalue weighted by Crippen LogP contribution is -1.98. The topological polar surface area (TPSA) is 68.0 Å². The number of carbonyl (C=O) groups is 1. The van der Waals surface area contributed by atoms with Gasteiger partial charge in [0.05, 0.1) is 21.1 Å². The van der Waals surface area contributed by atoms with E-state index in [-0.39, 0.29) is 5.78 Å². The summed E-state index contributed by atoms with van der Waals surface area (Å²) >= 11 is 13.1. The molecule has 0 fully saturated rings. The average molecular weight is 378 g/mol. The summed E-state index contributed by atoms with van der Waals surface area (Å²) < 4.78 is 0. The van der Waals surface area contributed by atoms with Crippen LogP contribution in [0.15, 0.2) is 42.6 Å². The van der Waals surface area contributed by atoms with Crippen LogP contribution in [0.1, 0.15) is 20.8 Å². The Bertz CT molecular complexity index is 924. The molecule has 1 heterocycles. The quantitative estimate of drug-likeness (QED) is 0.477. The maximum Gasteiger partial charge on any atom is 0.204 e. The van der Waals surface area contributed by atoms with Gasteiger partial charge in [-0.15, -0.1) is 0 Å². The van der Waals surface area contributed by atoms with Gasteiger partial charge >= 0.3 is 0 Å². The molecule has 3 aromatic rings. The van der Waals surface area contributed by atoms with Crippen molar-refractivity contribution in [2.75, 3.05) is 11.1 Å². The van der Waals surface area contributed by atoms with Gasteiger partial charge in [0.25, 0.3) is 0 Å². The Morgan fingerprint density at radius 1 is 1.17 bits per heavy atom. The summed E-state index contributed by atoms with van der Waals surface area (Å²) in [7, 11) is 0. The fraction of sp³-hybridized carbons (Fsp3) is 0.0588. The van der Waals surface area contributed by atoms with Crippen LogP contribution >= 0.6 is 34.5 Å². The van der Waals surface area contributed by atoms with Gasteiger partial charge in [0.15, 0.2) is 5.13 Å². The van der Waals surface area contributed by atoms with Gasteiger partial charge in [-0.1, -0.05) is 34.5 Å². The molecule has 0 unspecified atom stereocenters. The highest BCUT2D eigenvalue weighted by molar-refractivity contribution is 7.17. The molecule has 0 aliphatic carbocycles. The number of halogens is 2. The molecule has 1 aromatic heterocycles. The van der Waals surface area contributed by atoms with Crippen LogP contribution < -0.4 is 11.1 Å². The number of aryl methyl sites for hydroxylation is 1. The first-order valence-electron chi connectivity index (χ1n) is 7.03. The summed E-state index contributed by atoms with van der Waals surface area (Å²) in [6, 6.07) is 10.4. The van der Waals surface area contributed by atoms with Crippen molar-refractivity contribution in [1.82, 2.24) is 4.98 Å². The van der Waals surface area contributed by atoms with Crippen molar-refractivity contribution in [3.8, 4) is 0 Å². The van der Waals surface area contributed by atoms with Gasteiger partial charge in [0.1, 0.15) is 0 Å². The third-order valence-electron chi connectivity index (χ3n) is 3.40. The molecule has 3 N–H and O–H groups in total. The molecule has 0 radical (unpaired) electrons. The highest BCUT2D eigenvalue weighted by atomic mass is 35.5. The highest BCUT2D eigenvalue weighted by Crippen LogP contribution is 2.29. The van der Waals surface area contributed by atoms with Crippen molar-refractivity contribution in [3.63, 3.8) is 0 Å². The van der Waals surface area contributed by atoms with E-state index < -0.39 is 0 Å². The van der Waals surface area contributed by atoms with Crippen LogP contribution in [0.5, 0.6) is 0 Å². The Kier molecular flexibility index (Phi) is 4.76. The molecule has 0 saturated carbocycles. The number of hydrogen-bond donors (Lipinski definition) is 2. The van der Waals surface area contributed by atoms with Crippen LogP contribution in [0.4, 0.5) is 16.5 Å². The number of thiazole rings is 1. The van der Waals surface area contributed by atoms with E-state index in [1.165, 1.54) is 11.3 Å². The molecule has 0 atom stereocenters. The minimum absolute atomic E-state index is 0.145. The van der Waals surface area contributed by atoms with Crippen LogP contribution in [0.2, 0.25) is 10.0 Å². The maximum absolute atomic E-state index is 12.5. The number of carbonyl (C=O) groups excluding carboxylic acids is 1. The smallest absolute Gasteiger partial charge is 0.204 e. The van der Waals surface area contributed by atoms with Gasteiger partial charge in [-0.05, 0) is 48.9 Å². The molecule has 4 nitrogen and oxygen atoms in total. The molecular weight excluding hydrogens is 365 g/mol. The van der Waals surface area contributed by atoms with E-state index in [4.69, 9.17) is 28.9 Å². The molecule has 7 heteroatoms. The van der Waals surface area contributed by atoms with Crippen LogP contribution in [0.25, 0.3) is 0 Å². The summed E-state index contributed by atoms with van der Waals surface area (Å²) in [5, 5.41) is 4.60. The lowest BCUT2D eigenvalue weighted by Gasteiger charge is -2.07. The van der Waals surface area contributed by atoms with Crippen molar-refractivity contribution in [1.29, 1.82) is 0 Å². The van der Waals surface area contributed by atoms with Crippen molar-refractivity contribution in [2.45, 2.75) is 6.92 Å². The SMILES string of the molecule is Cc1cc(N)ccc1Nc1ncc(C(=O)c2ccc(Cl)c(Cl)c2)s1. The molecule has 24 heavy (non-hydrogen) atoms. The van der Waals surface area contributed by atoms with E-state index in [0.29, 0.717) is 31.3 Å². The summed E-state index contributed by atoms with van der Waals surface area (Å²) in [5.74, 6) is -0.145. The molecule has 122 valence electrons. The Hall–Kier alpha value is -2.08. The first-order valence-corrected chi connectivity index (χ1v) is 8.60. The van der Waals surface area contributed by atoms with Crippen LogP contribution in [0, 0.1) is 6.92 Å². The van der Waals surface area contributed by atoms with Crippen molar-refractivity contribution in [3.05, 3.63) is 68.6 Å². The Labute approximate surface area is 153 Å². The zero-order valence-corrected chi connectivity index (χ0v) is 15.0. The normalized spacial score (nSPS) is 10.6. The molecule has 0 aliphatic rings. The molecular formula is C17H13Cl2N3OS. The second kappa shape index (κ2) is 6.81. The van der Waals surface area contributed by atoms with Gasteiger partial charge in [-0.2, -0.15) is 0 Å². The van der Waals surface area contributed by atoms with Crippen LogP contribution in [0.3, 0.4) is 0 Å². The zero-order valence-electron chi connectivity index (χ0n) is 12.6. The van der Waals surface area contributed by atoms with Crippen LogP contribution in [-0.2, 0) is 0 Å². The predicted octanol–water partition coefficient (Wildman–Crippen LogP) is 5.32. The summed E-state index contributed by atoms with van der Waals surface area (Å²) in [6.45, 7) is 1.95. The number of nitrogens with two attached hydrogens (primary N) is 1. The summed E-state index contributed by atoms with van der Waals surface area (Å²) in [4.78, 5) is 17.3. The standard InChI is InChI=1S/C17H13Cl2N3OS/c1-9-6-11(20)3-5-14(9)22-17-21-8-15(24-17)16(23)10-2-4-12(18)13(19)7-10/h2-8H,20H2,1H3,(H,21,22). The number of nitrogens with zero attached hydrogens (tertiary/aromatic N) is 1. The third-order valence-corrected chi connectivity index (χ3v) is 5.05. The molecule has 0 saturated heterocycles. The number of nitrogen functional groups attached to an aromatic ring is 1. The highest BCUT2D eigenvalue weighted by Gasteiger charge is 2.15. The van der Waals surface area contributed by atoms with E-state index in [1.54, 1.807) is 24.4 Å². The van der Waals surface area contributed by atoms with Crippen molar-refractivity contribution >= 4 is 56.8 Å². The largest absolute Gasteiger partial charge is 0.399 e. The second-order valence-corrected chi connectivity index (χ2v) is 7.03. The van der Waals surface area contributed by atoms with E-state index >= 15 is 0 Å². The zero-order chi connectivity index (χ0) is 17.3. The van der Waals surface area contributed by atoms with E-state index in [0.717, 1.165) is 11.3 Å². The van der Waals surface area contributed by atoms with Crippen molar-refractivity contribution < 1.29 is 4.79 Å². The Morgan fingerprint density at radius 3 is 2.67 bits per heavy atom. The number of rotatable bonds is 4.